The monoisotopic (exact) mass is 253 g/mol. The Hall–Kier alpha value is -0.740. The molecule has 0 spiro atoms. The van der Waals surface area contributed by atoms with Crippen LogP contribution in [-0.2, 0) is 6.42 Å². The zero-order valence-electron chi connectivity index (χ0n) is 8.77. The van der Waals surface area contributed by atoms with Gasteiger partial charge in [-0.3, -0.25) is 4.40 Å². The number of fused-ring (bicyclic) bond motifs is 1. The molecule has 0 amide bonds. The van der Waals surface area contributed by atoms with Gasteiger partial charge in [0.15, 0.2) is 5.65 Å². The van der Waals surface area contributed by atoms with Crippen LogP contribution in [0.3, 0.4) is 0 Å². The van der Waals surface area contributed by atoms with Gasteiger partial charge in [0.05, 0.1) is 5.02 Å². The number of halogens is 1. The van der Waals surface area contributed by atoms with Crippen molar-refractivity contribution in [3.8, 4) is 0 Å². The topological polar surface area (TPSA) is 30.2 Å². The van der Waals surface area contributed by atoms with E-state index in [0.717, 1.165) is 22.9 Å². The van der Waals surface area contributed by atoms with E-state index in [1.54, 1.807) is 0 Å². The molecular weight excluding hydrogens is 242 g/mol. The zero-order valence-corrected chi connectivity index (χ0v) is 10.3. The van der Waals surface area contributed by atoms with Crippen molar-refractivity contribution in [2.45, 2.75) is 24.5 Å². The summed E-state index contributed by atoms with van der Waals surface area (Å²) in [5.74, 6) is 2.30. The maximum absolute atomic E-state index is 5.98. The van der Waals surface area contributed by atoms with Crippen molar-refractivity contribution < 1.29 is 0 Å². The van der Waals surface area contributed by atoms with Gasteiger partial charge in [-0.25, -0.2) is 0 Å². The average molecular weight is 254 g/mol. The third-order valence-corrected chi connectivity index (χ3v) is 4.49. The first-order chi connectivity index (χ1) is 7.83. The Kier molecular flexibility index (Phi) is 2.77. The Labute approximate surface area is 103 Å². The molecule has 0 bridgehead atoms. The molecule has 3 rings (SSSR count). The van der Waals surface area contributed by atoms with E-state index in [1.807, 2.05) is 34.5 Å². The first-order valence-corrected chi connectivity index (χ1v) is 6.86. The van der Waals surface area contributed by atoms with E-state index in [2.05, 4.69) is 10.2 Å². The van der Waals surface area contributed by atoms with Crippen molar-refractivity contribution >= 4 is 29.0 Å². The lowest BCUT2D eigenvalue weighted by atomic mass is 10.2. The van der Waals surface area contributed by atoms with Crippen molar-refractivity contribution in [2.75, 3.05) is 5.75 Å². The minimum atomic E-state index is 0.700. The van der Waals surface area contributed by atoms with Crippen LogP contribution in [0.2, 0.25) is 5.02 Å². The lowest BCUT2D eigenvalue weighted by Gasteiger charge is -2.06. The fourth-order valence-corrected chi connectivity index (χ4v) is 3.49. The number of hydrogen-bond donors (Lipinski definition) is 0. The smallest absolute Gasteiger partial charge is 0.160 e. The molecule has 2 aromatic rings. The molecule has 1 atom stereocenters. The van der Waals surface area contributed by atoms with Crippen LogP contribution in [0, 0.1) is 0 Å². The van der Waals surface area contributed by atoms with Gasteiger partial charge in [0, 0.05) is 17.9 Å². The quantitative estimate of drug-likeness (QED) is 0.825. The molecule has 2 aromatic heterocycles. The van der Waals surface area contributed by atoms with Crippen LogP contribution in [-0.4, -0.2) is 25.6 Å². The number of aromatic nitrogens is 3. The first kappa shape index (κ1) is 10.4. The molecule has 1 unspecified atom stereocenters. The highest BCUT2D eigenvalue weighted by Gasteiger charge is 2.18. The molecule has 84 valence electrons. The summed E-state index contributed by atoms with van der Waals surface area (Å²) in [6.45, 7) is 0. The third kappa shape index (κ3) is 1.92. The lowest BCUT2D eigenvalue weighted by molar-refractivity contribution is 0.738. The molecule has 1 fully saturated rings. The maximum atomic E-state index is 5.98. The van der Waals surface area contributed by atoms with Gasteiger partial charge < -0.3 is 0 Å². The highest BCUT2D eigenvalue weighted by atomic mass is 35.5. The van der Waals surface area contributed by atoms with Crippen molar-refractivity contribution in [2.24, 2.45) is 0 Å². The molecule has 0 saturated carbocycles. The number of hydrogen-bond acceptors (Lipinski definition) is 3. The summed E-state index contributed by atoms with van der Waals surface area (Å²) in [5.41, 5.74) is 0.877. The predicted molar refractivity (Wildman–Crippen MR) is 67.2 cm³/mol. The molecule has 0 aliphatic carbocycles. The number of pyridine rings is 1. The fraction of sp³-hybridized carbons (Fsp3) is 0.455. The van der Waals surface area contributed by atoms with Gasteiger partial charge in [-0.2, -0.15) is 11.8 Å². The van der Waals surface area contributed by atoms with Gasteiger partial charge in [0.1, 0.15) is 5.82 Å². The first-order valence-electron chi connectivity index (χ1n) is 5.44. The molecule has 0 N–H and O–H groups in total. The van der Waals surface area contributed by atoms with Crippen molar-refractivity contribution in [1.29, 1.82) is 0 Å². The summed E-state index contributed by atoms with van der Waals surface area (Å²) < 4.78 is 2.00. The van der Waals surface area contributed by atoms with Crippen LogP contribution in [0.25, 0.3) is 5.65 Å². The molecule has 16 heavy (non-hydrogen) atoms. The van der Waals surface area contributed by atoms with E-state index in [1.165, 1.54) is 18.6 Å². The normalized spacial score (nSPS) is 20.7. The van der Waals surface area contributed by atoms with Crippen LogP contribution in [0.15, 0.2) is 18.3 Å². The van der Waals surface area contributed by atoms with E-state index in [4.69, 9.17) is 11.6 Å². The lowest BCUT2D eigenvalue weighted by Crippen LogP contribution is -2.05. The Balaban J connectivity index is 1.93. The molecule has 0 radical (unpaired) electrons. The fourth-order valence-electron chi connectivity index (χ4n) is 2.06. The summed E-state index contributed by atoms with van der Waals surface area (Å²) in [5, 5.41) is 9.82. The standard InChI is InChI=1S/C11H12ClN3S/c12-8-3-4-10-13-14-11(15(10)7-8)6-9-2-1-5-16-9/h3-4,7,9H,1-2,5-6H2. The Bertz CT molecular complexity index is 505. The van der Waals surface area contributed by atoms with Crippen molar-refractivity contribution in [3.05, 3.63) is 29.2 Å². The van der Waals surface area contributed by atoms with Crippen LogP contribution < -0.4 is 0 Å². The van der Waals surface area contributed by atoms with E-state index in [0.29, 0.717) is 5.25 Å². The van der Waals surface area contributed by atoms with Gasteiger partial charge in [0.25, 0.3) is 0 Å². The molecular formula is C11H12ClN3S. The van der Waals surface area contributed by atoms with Gasteiger partial charge in [-0.1, -0.05) is 11.6 Å². The van der Waals surface area contributed by atoms with Crippen molar-refractivity contribution in [1.82, 2.24) is 14.6 Å². The molecule has 1 aliphatic rings. The van der Waals surface area contributed by atoms with E-state index in [-0.39, 0.29) is 0 Å². The number of rotatable bonds is 2. The maximum Gasteiger partial charge on any atom is 0.160 e. The zero-order chi connectivity index (χ0) is 11.0. The minimum absolute atomic E-state index is 0.700. The summed E-state index contributed by atoms with van der Waals surface area (Å²) >= 11 is 8.02. The second-order valence-electron chi connectivity index (χ2n) is 4.03. The Morgan fingerprint density at radius 3 is 3.19 bits per heavy atom. The summed E-state index contributed by atoms with van der Waals surface area (Å²) in [4.78, 5) is 0. The molecule has 3 heterocycles. The van der Waals surface area contributed by atoms with Crippen molar-refractivity contribution in [3.63, 3.8) is 0 Å². The summed E-state index contributed by atoms with van der Waals surface area (Å²) in [6.07, 6.45) is 5.50. The molecule has 1 aliphatic heterocycles. The van der Waals surface area contributed by atoms with Crippen LogP contribution >= 0.6 is 23.4 Å². The van der Waals surface area contributed by atoms with Gasteiger partial charge >= 0.3 is 0 Å². The van der Waals surface area contributed by atoms with Crippen LogP contribution in [0.5, 0.6) is 0 Å². The van der Waals surface area contributed by atoms with Gasteiger partial charge in [0.2, 0.25) is 0 Å². The van der Waals surface area contributed by atoms with E-state index < -0.39 is 0 Å². The molecule has 0 aromatic carbocycles. The number of nitrogens with zero attached hydrogens (tertiary/aromatic N) is 3. The third-order valence-electron chi connectivity index (χ3n) is 2.87. The Morgan fingerprint density at radius 2 is 2.38 bits per heavy atom. The largest absolute Gasteiger partial charge is 0.285 e. The van der Waals surface area contributed by atoms with Gasteiger partial charge in [-0.05, 0) is 30.7 Å². The SMILES string of the molecule is Clc1ccc2nnc(CC3CCCS3)n2c1. The highest BCUT2D eigenvalue weighted by molar-refractivity contribution is 8.00. The second-order valence-corrected chi connectivity index (χ2v) is 5.88. The van der Waals surface area contributed by atoms with Crippen LogP contribution in [0.4, 0.5) is 0 Å². The van der Waals surface area contributed by atoms with E-state index in [9.17, 15) is 0 Å². The summed E-state index contributed by atoms with van der Waals surface area (Å²) in [7, 11) is 0. The molecule has 5 heteroatoms. The van der Waals surface area contributed by atoms with Gasteiger partial charge in [-0.15, -0.1) is 10.2 Å². The molecule has 3 nitrogen and oxygen atoms in total. The highest BCUT2D eigenvalue weighted by Crippen LogP contribution is 2.28. The average Bonchev–Trinajstić information content (AvgIpc) is 2.90. The van der Waals surface area contributed by atoms with Crippen LogP contribution in [0.1, 0.15) is 18.7 Å². The number of thioether (sulfide) groups is 1. The second kappa shape index (κ2) is 4.26. The predicted octanol–water partition coefficient (Wildman–Crippen LogP) is 2.82. The Morgan fingerprint density at radius 1 is 1.44 bits per heavy atom. The molecule has 1 saturated heterocycles. The van der Waals surface area contributed by atoms with E-state index >= 15 is 0 Å². The minimum Gasteiger partial charge on any atom is -0.285 e. The summed E-state index contributed by atoms with van der Waals surface area (Å²) in [6, 6.07) is 3.75.